The number of benzene rings is 1. The smallest absolute Gasteiger partial charge is 0.115 e. The Morgan fingerprint density at radius 2 is 1.73 bits per heavy atom. The predicted molar refractivity (Wildman–Crippen MR) is 44.7 cm³/mol. The summed E-state index contributed by atoms with van der Waals surface area (Å²) in [4.78, 5) is 0. The fourth-order valence-electron chi connectivity index (χ4n) is 1.49. The molecule has 1 saturated carbocycles. The van der Waals surface area contributed by atoms with E-state index in [2.05, 4.69) is 0 Å². The van der Waals surface area contributed by atoms with Crippen LogP contribution >= 0.6 is 0 Å². The Bertz CT molecular complexity index is 234. The molecule has 11 heavy (non-hydrogen) atoms. The zero-order valence-electron chi connectivity index (χ0n) is 6.46. The molecule has 1 aliphatic rings. The molecule has 0 spiro atoms. The first-order chi connectivity index (χ1) is 5.36. The molecule has 0 unspecified atom stereocenters. The van der Waals surface area contributed by atoms with Gasteiger partial charge in [0.25, 0.3) is 0 Å². The Morgan fingerprint density at radius 3 is 2.18 bits per heavy atom. The molecule has 58 valence electrons. The van der Waals surface area contributed by atoms with Gasteiger partial charge < -0.3 is 5.11 Å². The lowest BCUT2D eigenvalue weighted by molar-refractivity contribution is 0.418. The van der Waals surface area contributed by atoms with Gasteiger partial charge in [0, 0.05) is 0 Å². The van der Waals surface area contributed by atoms with Crippen molar-refractivity contribution in [3.63, 3.8) is 0 Å². The summed E-state index contributed by atoms with van der Waals surface area (Å²) in [5, 5.41) is 9.03. The molecule has 0 aromatic heterocycles. The normalized spacial score (nSPS) is 17.8. The molecular formula is C10H12O. The summed E-state index contributed by atoms with van der Waals surface area (Å²) in [5.41, 5.74) is 1.38. The maximum absolute atomic E-state index is 9.03. The third-order valence-electron chi connectivity index (χ3n) is 2.47. The first-order valence-electron chi connectivity index (χ1n) is 4.15. The summed E-state index contributed by atoms with van der Waals surface area (Å²) in [6.45, 7) is 0. The Kier molecular flexibility index (Phi) is 1.57. The van der Waals surface area contributed by atoms with Crippen molar-refractivity contribution in [1.29, 1.82) is 0 Å². The van der Waals surface area contributed by atoms with Gasteiger partial charge in [-0.1, -0.05) is 18.6 Å². The summed E-state index contributed by atoms with van der Waals surface area (Å²) in [5.74, 6) is 1.14. The van der Waals surface area contributed by atoms with E-state index >= 15 is 0 Å². The minimum absolute atomic E-state index is 0.369. The van der Waals surface area contributed by atoms with Crippen molar-refractivity contribution in [1.82, 2.24) is 0 Å². The molecular weight excluding hydrogens is 136 g/mol. The Hall–Kier alpha value is -0.980. The van der Waals surface area contributed by atoms with Gasteiger partial charge in [0.2, 0.25) is 0 Å². The highest BCUT2D eigenvalue weighted by molar-refractivity contribution is 5.29. The van der Waals surface area contributed by atoms with Crippen LogP contribution in [0.2, 0.25) is 0 Å². The van der Waals surface area contributed by atoms with E-state index in [9.17, 15) is 0 Å². The third kappa shape index (κ3) is 1.23. The Morgan fingerprint density at radius 1 is 1.09 bits per heavy atom. The van der Waals surface area contributed by atoms with E-state index in [1.54, 1.807) is 12.1 Å². The maximum Gasteiger partial charge on any atom is 0.115 e. The lowest BCUT2D eigenvalue weighted by Gasteiger charge is -2.25. The van der Waals surface area contributed by atoms with Crippen molar-refractivity contribution < 1.29 is 5.11 Å². The van der Waals surface area contributed by atoms with Crippen molar-refractivity contribution in [2.24, 2.45) is 0 Å². The number of hydrogen-bond acceptors (Lipinski definition) is 1. The van der Waals surface area contributed by atoms with E-state index in [-0.39, 0.29) is 0 Å². The van der Waals surface area contributed by atoms with Crippen molar-refractivity contribution in [3.05, 3.63) is 29.8 Å². The molecule has 1 aliphatic carbocycles. The van der Waals surface area contributed by atoms with Gasteiger partial charge in [-0.3, -0.25) is 0 Å². The molecule has 0 saturated heterocycles. The average Bonchev–Trinajstić information content (AvgIpc) is 1.90. The SMILES string of the molecule is Oc1ccc(C2CCC2)cc1. The van der Waals surface area contributed by atoms with E-state index in [0.29, 0.717) is 5.75 Å². The van der Waals surface area contributed by atoms with Gasteiger partial charge in [-0.25, -0.2) is 0 Å². The van der Waals surface area contributed by atoms with Crippen LogP contribution in [0.25, 0.3) is 0 Å². The topological polar surface area (TPSA) is 20.2 Å². The standard InChI is InChI=1S/C10H12O/c11-10-6-4-9(5-7-10)8-2-1-3-8/h4-8,11H,1-3H2. The minimum Gasteiger partial charge on any atom is -0.508 e. The molecule has 1 nitrogen and oxygen atoms in total. The lowest BCUT2D eigenvalue weighted by Crippen LogP contribution is -2.07. The van der Waals surface area contributed by atoms with Gasteiger partial charge in [0.15, 0.2) is 0 Å². The molecule has 1 N–H and O–H groups in total. The third-order valence-corrected chi connectivity index (χ3v) is 2.47. The highest BCUT2D eigenvalue weighted by Gasteiger charge is 2.18. The number of phenols is 1. The van der Waals surface area contributed by atoms with Crippen LogP contribution in [0.3, 0.4) is 0 Å². The van der Waals surface area contributed by atoms with Crippen molar-refractivity contribution in [2.45, 2.75) is 25.2 Å². The fraction of sp³-hybridized carbons (Fsp3) is 0.400. The van der Waals surface area contributed by atoms with Crippen LogP contribution in [0, 0.1) is 0 Å². The first kappa shape index (κ1) is 6.71. The van der Waals surface area contributed by atoms with E-state index in [1.165, 1.54) is 24.8 Å². The average molecular weight is 148 g/mol. The molecule has 0 heterocycles. The highest BCUT2D eigenvalue weighted by atomic mass is 16.3. The molecule has 0 bridgehead atoms. The summed E-state index contributed by atoms with van der Waals surface area (Å²) in [6.07, 6.45) is 4.01. The second-order valence-electron chi connectivity index (χ2n) is 3.22. The highest BCUT2D eigenvalue weighted by Crippen LogP contribution is 2.36. The second kappa shape index (κ2) is 2.57. The maximum atomic E-state index is 9.03. The number of aromatic hydroxyl groups is 1. The van der Waals surface area contributed by atoms with E-state index in [0.717, 1.165) is 5.92 Å². The zero-order chi connectivity index (χ0) is 7.68. The van der Waals surface area contributed by atoms with Crippen molar-refractivity contribution in [2.75, 3.05) is 0 Å². The zero-order valence-corrected chi connectivity index (χ0v) is 6.46. The molecule has 1 aromatic carbocycles. The minimum atomic E-state index is 0.369. The number of rotatable bonds is 1. The fourth-order valence-corrected chi connectivity index (χ4v) is 1.49. The van der Waals surface area contributed by atoms with Gasteiger partial charge in [-0.2, -0.15) is 0 Å². The quantitative estimate of drug-likeness (QED) is 0.649. The van der Waals surface area contributed by atoms with Gasteiger partial charge in [-0.05, 0) is 36.5 Å². The number of hydrogen-bond donors (Lipinski definition) is 1. The molecule has 0 aliphatic heterocycles. The van der Waals surface area contributed by atoms with Crippen LogP contribution in [-0.2, 0) is 0 Å². The second-order valence-corrected chi connectivity index (χ2v) is 3.22. The molecule has 1 fully saturated rings. The van der Waals surface area contributed by atoms with Gasteiger partial charge in [-0.15, -0.1) is 0 Å². The van der Waals surface area contributed by atoms with Gasteiger partial charge in [0.1, 0.15) is 5.75 Å². The van der Waals surface area contributed by atoms with Crippen molar-refractivity contribution >= 4 is 0 Å². The van der Waals surface area contributed by atoms with Crippen LogP contribution in [0.5, 0.6) is 5.75 Å². The monoisotopic (exact) mass is 148 g/mol. The molecule has 0 amide bonds. The lowest BCUT2D eigenvalue weighted by atomic mass is 9.80. The van der Waals surface area contributed by atoms with E-state index in [1.807, 2.05) is 12.1 Å². The van der Waals surface area contributed by atoms with Gasteiger partial charge in [0.05, 0.1) is 0 Å². The molecule has 1 heteroatoms. The molecule has 2 rings (SSSR count). The summed E-state index contributed by atoms with van der Waals surface area (Å²) in [6, 6.07) is 7.60. The number of phenolic OH excluding ortho intramolecular Hbond substituents is 1. The summed E-state index contributed by atoms with van der Waals surface area (Å²) < 4.78 is 0. The van der Waals surface area contributed by atoms with Crippen LogP contribution in [-0.4, -0.2) is 5.11 Å². The Labute approximate surface area is 66.7 Å². The van der Waals surface area contributed by atoms with Gasteiger partial charge >= 0.3 is 0 Å². The van der Waals surface area contributed by atoms with Crippen LogP contribution < -0.4 is 0 Å². The van der Waals surface area contributed by atoms with E-state index < -0.39 is 0 Å². The van der Waals surface area contributed by atoms with E-state index in [4.69, 9.17) is 5.11 Å². The molecule has 0 radical (unpaired) electrons. The van der Waals surface area contributed by atoms with Crippen LogP contribution in [0.1, 0.15) is 30.7 Å². The first-order valence-corrected chi connectivity index (χ1v) is 4.15. The molecule has 1 aromatic rings. The van der Waals surface area contributed by atoms with Crippen LogP contribution in [0.15, 0.2) is 24.3 Å². The van der Waals surface area contributed by atoms with Crippen LogP contribution in [0.4, 0.5) is 0 Å². The summed E-state index contributed by atoms with van der Waals surface area (Å²) in [7, 11) is 0. The Balaban J connectivity index is 2.18. The largest absolute Gasteiger partial charge is 0.508 e. The predicted octanol–water partition coefficient (Wildman–Crippen LogP) is 2.66. The summed E-state index contributed by atoms with van der Waals surface area (Å²) >= 11 is 0. The van der Waals surface area contributed by atoms with Crippen molar-refractivity contribution in [3.8, 4) is 5.75 Å². The molecule has 0 atom stereocenters.